The molecule has 108 valence electrons. The Morgan fingerprint density at radius 2 is 2.00 bits per heavy atom. The van der Waals surface area contributed by atoms with E-state index in [1.54, 1.807) is 0 Å². The molecule has 0 saturated heterocycles. The second-order valence-electron chi connectivity index (χ2n) is 5.46. The van der Waals surface area contributed by atoms with E-state index in [0.717, 1.165) is 17.6 Å². The number of imidazole rings is 1. The molecule has 0 radical (unpaired) electrons. The summed E-state index contributed by atoms with van der Waals surface area (Å²) in [6.45, 7) is 4.98. The van der Waals surface area contributed by atoms with Crippen LogP contribution in [0, 0.1) is 13.8 Å². The zero-order valence-electron chi connectivity index (χ0n) is 12.4. The summed E-state index contributed by atoms with van der Waals surface area (Å²) in [5, 5.41) is 0. The SMILES string of the molecule is Cc1ccc(C(Cn2cnc3ccccc32)NN)c(C)c1. The second kappa shape index (κ2) is 5.68. The Labute approximate surface area is 124 Å². The maximum atomic E-state index is 5.79. The normalized spacial score (nSPS) is 12.7. The molecular weight excluding hydrogens is 260 g/mol. The molecule has 0 bridgehead atoms. The lowest BCUT2D eigenvalue weighted by molar-refractivity contribution is 0.479. The van der Waals surface area contributed by atoms with E-state index in [-0.39, 0.29) is 6.04 Å². The first-order valence-corrected chi connectivity index (χ1v) is 7.12. The van der Waals surface area contributed by atoms with Gasteiger partial charge in [-0.2, -0.15) is 0 Å². The van der Waals surface area contributed by atoms with Crippen LogP contribution in [0.1, 0.15) is 22.7 Å². The van der Waals surface area contributed by atoms with Crippen molar-refractivity contribution in [2.75, 3.05) is 0 Å². The summed E-state index contributed by atoms with van der Waals surface area (Å²) in [6.07, 6.45) is 1.87. The molecule has 0 spiro atoms. The predicted molar refractivity (Wildman–Crippen MR) is 85.7 cm³/mol. The van der Waals surface area contributed by atoms with Gasteiger partial charge < -0.3 is 4.57 Å². The number of rotatable bonds is 4. The minimum Gasteiger partial charge on any atom is -0.329 e. The van der Waals surface area contributed by atoms with Gasteiger partial charge in [0.1, 0.15) is 0 Å². The summed E-state index contributed by atoms with van der Waals surface area (Å²) in [6, 6.07) is 14.7. The quantitative estimate of drug-likeness (QED) is 0.571. The van der Waals surface area contributed by atoms with Crippen molar-refractivity contribution in [1.82, 2.24) is 15.0 Å². The molecule has 0 aliphatic heterocycles. The number of para-hydroxylation sites is 2. The number of aryl methyl sites for hydroxylation is 2. The second-order valence-corrected chi connectivity index (χ2v) is 5.46. The van der Waals surface area contributed by atoms with E-state index >= 15 is 0 Å². The molecule has 4 heteroatoms. The molecule has 0 saturated carbocycles. The molecule has 0 fully saturated rings. The number of hydrogen-bond acceptors (Lipinski definition) is 3. The first-order valence-electron chi connectivity index (χ1n) is 7.12. The van der Waals surface area contributed by atoms with Gasteiger partial charge in [0, 0.05) is 6.54 Å². The van der Waals surface area contributed by atoms with Crippen molar-refractivity contribution in [2.24, 2.45) is 5.84 Å². The maximum absolute atomic E-state index is 5.79. The third-order valence-electron chi connectivity index (χ3n) is 3.91. The van der Waals surface area contributed by atoms with Crippen molar-refractivity contribution in [1.29, 1.82) is 0 Å². The monoisotopic (exact) mass is 280 g/mol. The Hall–Kier alpha value is -2.17. The number of fused-ring (bicyclic) bond motifs is 1. The minimum atomic E-state index is 0.0585. The van der Waals surface area contributed by atoms with E-state index in [2.05, 4.69) is 53.1 Å². The highest BCUT2D eigenvalue weighted by Crippen LogP contribution is 2.22. The van der Waals surface area contributed by atoms with Crippen LogP contribution < -0.4 is 11.3 Å². The van der Waals surface area contributed by atoms with Gasteiger partial charge in [0.15, 0.2) is 0 Å². The highest BCUT2D eigenvalue weighted by atomic mass is 15.2. The summed E-state index contributed by atoms with van der Waals surface area (Å²) in [5.41, 5.74) is 8.81. The van der Waals surface area contributed by atoms with Crippen LogP contribution in [0.2, 0.25) is 0 Å². The first kappa shape index (κ1) is 13.8. The zero-order valence-corrected chi connectivity index (χ0v) is 12.4. The molecular formula is C17H20N4. The van der Waals surface area contributed by atoms with E-state index in [0.29, 0.717) is 0 Å². The number of aromatic nitrogens is 2. The van der Waals surface area contributed by atoms with Crippen LogP contribution in [0.25, 0.3) is 11.0 Å². The van der Waals surface area contributed by atoms with Gasteiger partial charge in [-0.3, -0.25) is 11.3 Å². The van der Waals surface area contributed by atoms with Crippen molar-refractivity contribution in [3.8, 4) is 0 Å². The Morgan fingerprint density at radius 3 is 2.76 bits per heavy atom. The average molecular weight is 280 g/mol. The average Bonchev–Trinajstić information content (AvgIpc) is 2.89. The number of nitrogens with two attached hydrogens (primary N) is 1. The van der Waals surface area contributed by atoms with Crippen LogP contribution in [-0.2, 0) is 6.54 Å². The largest absolute Gasteiger partial charge is 0.329 e. The van der Waals surface area contributed by atoms with E-state index in [4.69, 9.17) is 5.84 Å². The third kappa shape index (κ3) is 2.68. The third-order valence-corrected chi connectivity index (χ3v) is 3.91. The fourth-order valence-electron chi connectivity index (χ4n) is 2.81. The standard InChI is InChI=1S/C17H20N4/c1-12-7-8-14(13(2)9-12)16(20-18)10-21-11-19-15-5-3-4-6-17(15)21/h3-9,11,16,20H,10,18H2,1-2H3. The van der Waals surface area contributed by atoms with Crippen molar-refractivity contribution >= 4 is 11.0 Å². The van der Waals surface area contributed by atoms with Gasteiger partial charge in [0.05, 0.1) is 23.4 Å². The lowest BCUT2D eigenvalue weighted by Gasteiger charge is -2.20. The van der Waals surface area contributed by atoms with Gasteiger partial charge in [-0.25, -0.2) is 4.98 Å². The Kier molecular flexibility index (Phi) is 3.73. The summed E-state index contributed by atoms with van der Waals surface area (Å²) < 4.78 is 2.14. The molecule has 2 aromatic carbocycles. The van der Waals surface area contributed by atoms with Gasteiger partial charge >= 0.3 is 0 Å². The number of benzene rings is 2. The molecule has 4 nitrogen and oxygen atoms in total. The molecule has 1 heterocycles. The van der Waals surface area contributed by atoms with Crippen LogP contribution >= 0.6 is 0 Å². The maximum Gasteiger partial charge on any atom is 0.0958 e. The smallest absolute Gasteiger partial charge is 0.0958 e. The van der Waals surface area contributed by atoms with Crippen molar-refractivity contribution in [2.45, 2.75) is 26.4 Å². The fraction of sp³-hybridized carbons (Fsp3) is 0.235. The molecule has 0 aliphatic carbocycles. The zero-order chi connectivity index (χ0) is 14.8. The van der Waals surface area contributed by atoms with Crippen LogP contribution in [0.15, 0.2) is 48.8 Å². The van der Waals surface area contributed by atoms with Crippen molar-refractivity contribution in [3.05, 3.63) is 65.5 Å². The molecule has 21 heavy (non-hydrogen) atoms. The van der Waals surface area contributed by atoms with Crippen molar-refractivity contribution < 1.29 is 0 Å². The number of hydrogen-bond donors (Lipinski definition) is 2. The first-order chi connectivity index (χ1) is 10.2. The lowest BCUT2D eigenvalue weighted by atomic mass is 9.99. The Bertz CT molecular complexity index is 760. The van der Waals surface area contributed by atoms with E-state index < -0.39 is 0 Å². The molecule has 3 rings (SSSR count). The van der Waals surface area contributed by atoms with Crippen molar-refractivity contribution in [3.63, 3.8) is 0 Å². The Balaban J connectivity index is 1.94. The molecule has 1 unspecified atom stereocenters. The topological polar surface area (TPSA) is 55.9 Å². The molecule has 1 atom stereocenters. The predicted octanol–water partition coefficient (Wildman–Crippen LogP) is 2.86. The van der Waals surface area contributed by atoms with Gasteiger partial charge in [0.25, 0.3) is 0 Å². The molecule has 0 aliphatic rings. The van der Waals surface area contributed by atoms with E-state index in [1.807, 2.05) is 24.5 Å². The van der Waals surface area contributed by atoms with Crippen LogP contribution in [0.5, 0.6) is 0 Å². The number of nitrogens with zero attached hydrogens (tertiary/aromatic N) is 2. The molecule has 3 aromatic rings. The summed E-state index contributed by atoms with van der Waals surface area (Å²) in [7, 11) is 0. The van der Waals surface area contributed by atoms with Crippen LogP contribution in [0.3, 0.4) is 0 Å². The van der Waals surface area contributed by atoms with Gasteiger partial charge in [-0.15, -0.1) is 0 Å². The highest BCUT2D eigenvalue weighted by molar-refractivity contribution is 5.74. The highest BCUT2D eigenvalue weighted by Gasteiger charge is 2.14. The molecule has 1 aromatic heterocycles. The number of hydrazine groups is 1. The summed E-state index contributed by atoms with van der Waals surface area (Å²) in [5.74, 6) is 5.79. The molecule has 3 N–H and O–H groups in total. The Morgan fingerprint density at radius 1 is 1.19 bits per heavy atom. The fourth-order valence-corrected chi connectivity index (χ4v) is 2.81. The van der Waals surface area contributed by atoms with E-state index in [9.17, 15) is 0 Å². The van der Waals surface area contributed by atoms with Gasteiger partial charge in [-0.05, 0) is 37.1 Å². The van der Waals surface area contributed by atoms with Gasteiger partial charge in [0.2, 0.25) is 0 Å². The lowest BCUT2D eigenvalue weighted by Crippen LogP contribution is -2.31. The van der Waals surface area contributed by atoms with Gasteiger partial charge in [-0.1, -0.05) is 35.9 Å². The molecule has 0 amide bonds. The summed E-state index contributed by atoms with van der Waals surface area (Å²) >= 11 is 0. The van der Waals surface area contributed by atoms with Crippen LogP contribution in [0.4, 0.5) is 0 Å². The van der Waals surface area contributed by atoms with Crippen LogP contribution in [-0.4, -0.2) is 9.55 Å². The number of nitrogens with one attached hydrogen (secondary N) is 1. The summed E-state index contributed by atoms with van der Waals surface area (Å²) in [4.78, 5) is 4.43. The minimum absolute atomic E-state index is 0.0585. The van der Waals surface area contributed by atoms with E-state index in [1.165, 1.54) is 16.7 Å².